The van der Waals surface area contributed by atoms with Crippen LogP contribution in [0.5, 0.6) is 0 Å². The second kappa shape index (κ2) is 5.45. The van der Waals surface area contributed by atoms with E-state index < -0.39 is 5.60 Å². The Balaban J connectivity index is 1.93. The number of carbonyl (C=O) groups excluding carboxylic acids is 1. The summed E-state index contributed by atoms with van der Waals surface area (Å²) in [7, 11) is 0. The highest BCUT2D eigenvalue weighted by atomic mass is 16.6. The Morgan fingerprint density at radius 1 is 1.44 bits per heavy atom. The molecule has 0 aromatic carbocycles. The SMILES string of the molecule is CC(C)(C)OC(=O)N(CC1CCCN1)C1COC1. The first-order valence-corrected chi connectivity index (χ1v) is 6.76. The van der Waals surface area contributed by atoms with Gasteiger partial charge in [0, 0.05) is 12.6 Å². The second-order valence-corrected chi connectivity index (χ2v) is 6.12. The first-order valence-electron chi connectivity index (χ1n) is 6.76. The molecule has 2 rings (SSSR count). The number of ether oxygens (including phenoxy) is 2. The fourth-order valence-electron chi connectivity index (χ4n) is 2.25. The van der Waals surface area contributed by atoms with E-state index in [1.54, 1.807) is 0 Å². The minimum absolute atomic E-state index is 0.183. The van der Waals surface area contributed by atoms with Gasteiger partial charge < -0.3 is 14.8 Å². The molecule has 0 spiro atoms. The molecule has 2 aliphatic rings. The van der Waals surface area contributed by atoms with Gasteiger partial charge in [0.15, 0.2) is 0 Å². The van der Waals surface area contributed by atoms with Crippen LogP contribution >= 0.6 is 0 Å². The molecule has 2 heterocycles. The van der Waals surface area contributed by atoms with Crippen molar-refractivity contribution in [2.45, 2.75) is 51.3 Å². The van der Waals surface area contributed by atoms with E-state index in [0.717, 1.165) is 19.5 Å². The summed E-state index contributed by atoms with van der Waals surface area (Å²) in [6.07, 6.45) is 2.10. The topological polar surface area (TPSA) is 50.8 Å². The summed E-state index contributed by atoms with van der Waals surface area (Å²) in [5, 5.41) is 3.42. The van der Waals surface area contributed by atoms with E-state index in [-0.39, 0.29) is 12.1 Å². The van der Waals surface area contributed by atoms with Crippen molar-refractivity contribution < 1.29 is 14.3 Å². The van der Waals surface area contributed by atoms with Crippen molar-refractivity contribution in [2.24, 2.45) is 0 Å². The van der Waals surface area contributed by atoms with Crippen LogP contribution in [0.3, 0.4) is 0 Å². The molecule has 0 radical (unpaired) electrons. The summed E-state index contributed by atoms with van der Waals surface area (Å²) in [4.78, 5) is 14.0. The third-order valence-corrected chi connectivity index (χ3v) is 3.27. The molecular formula is C13H24N2O3. The maximum atomic E-state index is 12.2. The molecule has 1 amide bonds. The van der Waals surface area contributed by atoms with Gasteiger partial charge in [-0.1, -0.05) is 0 Å². The van der Waals surface area contributed by atoms with Gasteiger partial charge in [-0.2, -0.15) is 0 Å². The summed E-state index contributed by atoms with van der Waals surface area (Å²) in [6, 6.07) is 0.584. The number of rotatable bonds is 3. The molecule has 0 aromatic rings. The number of amides is 1. The number of nitrogens with one attached hydrogen (secondary N) is 1. The summed E-state index contributed by atoms with van der Waals surface area (Å²) in [5.41, 5.74) is -0.441. The van der Waals surface area contributed by atoms with Crippen molar-refractivity contribution in [3.05, 3.63) is 0 Å². The van der Waals surface area contributed by atoms with Crippen molar-refractivity contribution in [2.75, 3.05) is 26.3 Å². The van der Waals surface area contributed by atoms with Gasteiger partial charge in [-0.3, -0.25) is 4.90 Å². The quantitative estimate of drug-likeness (QED) is 0.828. The monoisotopic (exact) mass is 256 g/mol. The molecule has 0 aliphatic carbocycles. The summed E-state index contributed by atoms with van der Waals surface area (Å²) in [6.45, 7) is 8.73. The Bertz CT molecular complexity index is 291. The molecule has 1 N–H and O–H groups in total. The van der Waals surface area contributed by atoms with Crippen LogP contribution in [-0.2, 0) is 9.47 Å². The van der Waals surface area contributed by atoms with Gasteiger partial charge in [-0.05, 0) is 40.2 Å². The number of carbonyl (C=O) groups is 1. The fourth-order valence-corrected chi connectivity index (χ4v) is 2.25. The van der Waals surface area contributed by atoms with Gasteiger partial charge in [0.25, 0.3) is 0 Å². The molecule has 0 saturated carbocycles. The third kappa shape index (κ3) is 3.59. The lowest BCUT2D eigenvalue weighted by molar-refractivity contribution is -0.0720. The van der Waals surface area contributed by atoms with E-state index in [4.69, 9.17) is 9.47 Å². The Kier molecular flexibility index (Phi) is 4.12. The molecule has 2 fully saturated rings. The lowest BCUT2D eigenvalue weighted by Crippen LogP contribution is -2.56. The van der Waals surface area contributed by atoms with Gasteiger partial charge in [0.1, 0.15) is 5.60 Å². The van der Waals surface area contributed by atoms with Gasteiger partial charge >= 0.3 is 6.09 Å². The van der Waals surface area contributed by atoms with Crippen LogP contribution in [0, 0.1) is 0 Å². The van der Waals surface area contributed by atoms with E-state index in [0.29, 0.717) is 19.3 Å². The number of nitrogens with zero attached hydrogens (tertiary/aromatic N) is 1. The molecule has 5 nitrogen and oxygen atoms in total. The average molecular weight is 256 g/mol. The van der Waals surface area contributed by atoms with E-state index in [9.17, 15) is 4.79 Å². The van der Waals surface area contributed by atoms with Gasteiger partial charge in [0.05, 0.1) is 19.3 Å². The fraction of sp³-hybridized carbons (Fsp3) is 0.923. The zero-order valence-electron chi connectivity index (χ0n) is 11.6. The molecule has 2 saturated heterocycles. The lowest BCUT2D eigenvalue weighted by Gasteiger charge is -2.39. The van der Waals surface area contributed by atoms with Crippen LogP contribution in [0.2, 0.25) is 0 Å². The number of hydrogen-bond donors (Lipinski definition) is 1. The lowest BCUT2D eigenvalue weighted by atomic mass is 10.1. The molecule has 2 aliphatic heterocycles. The first kappa shape index (κ1) is 13.6. The Hall–Kier alpha value is -0.810. The summed E-state index contributed by atoms with van der Waals surface area (Å²) in [5.74, 6) is 0. The van der Waals surface area contributed by atoms with Crippen LogP contribution in [0.4, 0.5) is 4.79 Å². The maximum Gasteiger partial charge on any atom is 0.410 e. The molecule has 0 aromatic heterocycles. The number of hydrogen-bond acceptors (Lipinski definition) is 4. The van der Waals surface area contributed by atoms with Crippen LogP contribution < -0.4 is 5.32 Å². The maximum absolute atomic E-state index is 12.2. The van der Waals surface area contributed by atoms with E-state index in [2.05, 4.69) is 5.32 Å². The van der Waals surface area contributed by atoms with Gasteiger partial charge in [0.2, 0.25) is 0 Å². The molecule has 0 bridgehead atoms. The minimum Gasteiger partial charge on any atom is -0.444 e. The highest BCUT2D eigenvalue weighted by Gasteiger charge is 2.34. The van der Waals surface area contributed by atoms with Crippen molar-refractivity contribution in [1.29, 1.82) is 0 Å². The van der Waals surface area contributed by atoms with Crippen LogP contribution in [0.25, 0.3) is 0 Å². The largest absolute Gasteiger partial charge is 0.444 e. The predicted octanol–water partition coefficient (Wildman–Crippen LogP) is 1.37. The van der Waals surface area contributed by atoms with Crippen molar-refractivity contribution >= 4 is 6.09 Å². The summed E-state index contributed by atoms with van der Waals surface area (Å²) < 4.78 is 10.7. The first-order chi connectivity index (χ1) is 8.46. The second-order valence-electron chi connectivity index (χ2n) is 6.12. The predicted molar refractivity (Wildman–Crippen MR) is 68.6 cm³/mol. The summed E-state index contributed by atoms with van der Waals surface area (Å²) >= 11 is 0. The smallest absolute Gasteiger partial charge is 0.410 e. The van der Waals surface area contributed by atoms with Crippen LogP contribution in [-0.4, -0.2) is 55.0 Å². The average Bonchev–Trinajstić information content (AvgIpc) is 2.63. The Morgan fingerprint density at radius 3 is 2.61 bits per heavy atom. The van der Waals surface area contributed by atoms with Crippen molar-refractivity contribution in [3.63, 3.8) is 0 Å². The third-order valence-electron chi connectivity index (χ3n) is 3.27. The van der Waals surface area contributed by atoms with Gasteiger partial charge in [-0.15, -0.1) is 0 Å². The minimum atomic E-state index is -0.441. The molecule has 18 heavy (non-hydrogen) atoms. The Labute approximate surface area is 109 Å². The van der Waals surface area contributed by atoms with Crippen LogP contribution in [0.1, 0.15) is 33.6 Å². The highest BCUT2D eigenvalue weighted by Crippen LogP contribution is 2.18. The van der Waals surface area contributed by atoms with Crippen molar-refractivity contribution in [1.82, 2.24) is 10.2 Å². The zero-order valence-corrected chi connectivity index (χ0v) is 11.6. The van der Waals surface area contributed by atoms with E-state index in [1.165, 1.54) is 6.42 Å². The zero-order chi connectivity index (χ0) is 13.2. The molecule has 1 atom stereocenters. The highest BCUT2D eigenvalue weighted by molar-refractivity contribution is 5.68. The standard InChI is InChI=1S/C13H24N2O3/c1-13(2,3)18-12(16)15(11-8-17-9-11)7-10-5-4-6-14-10/h10-11,14H,4-9H2,1-3H3. The molecule has 1 unspecified atom stereocenters. The van der Waals surface area contributed by atoms with Crippen LogP contribution in [0.15, 0.2) is 0 Å². The van der Waals surface area contributed by atoms with Crippen molar-refractivity contribution in [3.8, 4) is 0 Å². The van der Waals surface area contributed by atoms with E-state index >= 15 is 0 Å². The Morgan fingerprint density at radius 2 is 2.17 bits per heavy atom. The normalized spacial score (nSPS) is 24.7. The molecule has 104 valence electrons. The van der Waals surface area contributed by atoms with Gasteiger partial charge in [-0.25, -0.2) is 4.79 Å². The molecule has 5 heteroatoms. The molecular weight excluding hydrogens is 232 g/mol. The van der Waals surface area contributed by atoms with E-state index in [1.807, 2.05) is 25.7 Å².